The molecule has 1 aromatic carbocycles. The minimum atomic E-state index is -0.699. The lowest BCUT2D eigenvalue weighted by Crippen LogP contribution is -2.34. The summed E-state index contributed by atoms with van der Waals surface area (Å²) in [6.07, 6.45) is 5.10. The highest BCUT2D eigenvalue weighted by Gasteiger charge is 2.13. The lowest BCUT2D eigenvalue weighted by Gasteiger charge is -2.06. The molecule has 2 amide bonds. The second-order valence-corrected chi connectivity index (χ2v) is 4.78. The summed E-state index contributed by atoms with van der Waals surface area (Å²) in [5, 5.41) is 6.17. The highest BCUT2D eigenvalue weighted by atomic mass is 16.2. The van der Waals surface area contributed by atoms with E-state index >= 15 is 0 Å². The fraction of sp³-hybridized carbons (Fsp3) is 0.0625. The van der Waals surface area contributed by atoms with Gasteiger partial charge in [-0.3, -0.25) is 14.6 Å². The number of hydrogen-bond acceptors (Lipinski definition) is 3. The van der Waals surface area contributed by atoms with E-state index in [2.05, 4.69) is 20.6 Å². The maximum Gasteiger partial charge on any atom is 0.313 e. The average molecular weight is 294 g/mol. The number of aromatic nitrogens is 2. The summed E-state index contributed by atoms with van der Waals surface area (Å²) in [5.74, 6) is -1.38. The molecule has 0 aliphatic heterocycles. The van der Waals surface area contributed by atoms with Crippen LogP contribution < -0.4 is 10.6 Å². The van der Waals surface area contributed by atoms with E-state index in [1.807, 2.05) is 24.4 Å². The van der Waals surface area contributed by atoms with E-state index in [0.717, 1.165) is 16.5 Å². The van der Waals surface area contributed by atoms with E-state index in [4.69, 9.17) is 0 Å². The van der Waals surface area contributed by atoms with E-state index in [0.29, 0.717) is 5.69 Å². The van der Waals surface area contributed by atoms with Crippen molar-refractivity contribution in [2.75, 3.05) is 5.32 Å². The van der Waals surface area contributed by atoms with Crippen LogP contribution >= 0.6 is 0 Å². The molecule has 2 aromatic heterocycles. The molecule has 0 atom stereocenters. The number of carbonyl (C=O) groups is 2. The molecule has 0 aliphatic rings. The fourth-order valence-corrected chi connectivity index (χ4v) is 2.08. The van der Waals surface area contributed by atoms with Gasteiger partial charge in [0, 0.05) is 36.3 Å². The van der Waals surface area contributed by atoms with Gasteiger partial charge in [0.15, 0.2) is 0 Å². The van der Waals surface area contributed by atoms with E-state index in [9.17, 15) is 9.59 Å². The second kappa shape index (κ2) is 6.09. The smallest absolute Gasteiger partial charge is 0.313 e. The molecule has 3 rings (SSSR count). The molecule has 0 fully saturated rings. The van der Waals surface area contributed by atoms with Crippen LogP contribution in [0.15, 0.2) is 55.0 Å². The number of H-pyrrole nitrogens is 1. The topological polar surface area (TPSA) is 86.9 Å². The van der Waals surface area contributed by atoms with Crippen LogP contribution in [0.4, 0.5) is 5.69 Å². The Morgan fingerprint density at radius 3 is 2.86 bits per heavy atom. The van der Waals surface area contributed by atoms with Crippen LogP contribution in [0.1, 0.15) is 5.56 Å². The molecule has 6 nitrogen and oxygen atoms in total. The highest BCUT2D eigenvalue weighted by molar-refractivity contribution is 6.39. The predicted molar refractivity (Wildman–Crippen MR) is 83.0 cm³/mol. The van der Waals surface area contributed by atoms with Crippen LogP contribution in [0, 0.1) is 0 Å². The molecule has 2 heterocycles. The monoisotopic (exact) mass is 294 g/mol. The lowest BCUT2D eigenvalue weighted by atomic mass is 10.2. The van der Waals surface area contributed by atoms with Crippen molar-refractivity contribution in [3.63, 3.8) is 0 Å². The average Bonchev–Trinajstić information content (AvgIpc) is 3.01. The lowest BCUT2D eigenvalue weighted by molar-refractivity contribution is -0.136. The summed E-state index contributed by atoms with van der Waals surface area (Å²) in [5.41, 5.74) is 2.29. The molecule has 0 saturated carbocycles. The first-order chi connectivity index (χ1) is 10.7. The number of nitrogens with one attached hydrogen (secondary N) is 3. The van der Waals surface area contributed by atoms with E-state index in [-0.39, 0.29) is 6.54 Å². The second-order valence-electron chi connectivity index (χ2n) is 4.78. The predicted octanol–water partition coefficient (Wildman–Crippen LogP) is 1.82. The zero-order chi connectivity index (χ0) is 15.4. The van der Waals surface area contributed by atoms with Gasteiger partial charge in [-0.05, 0) is 35.2 Å². The molecule has 0 bridgehead atoms. The molecule has 3 aromatic rings. The first-order valence-corrected chi connectivity index (χ1v) is 6.77. The molecule has 6 heteroatoms. The number of nitrogens with zero attached hydrogens (tertiary/aromatic N) is 1. The van der Waals surface area contributed by atoms with Crippen molar-refractivity contribution < 1.29 is 9.59 Å². The van der Waals surface area contributed by atoms with E-state index < -0.39 is 11.8 Å². The van der Waals surface area contributed by atoms with Gasteiger partial charge in [-0.25, -0.2) is 0 Å². The minimum absolute atomic E-state index is 0.260. The zero-order valence-electron chi connectivity index (χ0n) is 11.7. The summed E-state index contributed by atoms with van der Waals surface area (Å²) in [6.45, 7) is 0.260. The Morgan fingerprint density at radius 1 is 1.14 bits per heavy atom. The van der Waals surface area contributed by atoms with Gasteiger partial charge in [0.2, 0.25) is 0 Å². The van der Waals surface area contributed by atoms with Gasteiger partial charge >= 0.3 is 11.8 Å². The van der Waals surface area contributed by atoms with Crippen LogP contribution in [-0.2, 0) is 16.1 Å². The normalized spacial score (nSPS) is 10.4. The number of benzene rings is 1. The maximum absolute atomic E-state index is 11.9. The zero-order valence-corrected chi connectivity index (χ0v) is 11.7. The molecule has 0 spiro atoms. The third-order valence-corrected chi connectivity index (χ3v) is 3.19. The van der Waals surface area contributed by atoms with E-state index in [1.165, 1.54) is 0 Å². The third kappa shape index (κ3) is 3.12. The van der Waals surface area contributed by atoms with Gasteiger partial charge in [-0.15, -0.1) is 0 Å². The largest absolute Gasteiger partial charge is 0.361 e. The number of anilines is 1. The van der Waals surface area contributed by atoms with Crippen molar-refractivity contribution in [3.05, 3.63) is 60.6 Å². The van der Waals surface area contributed by atoms with Crippen LogP contribution in [0.2, 0.25) is 0 Å². The first kappa shape index (κ1) is 13.8. The molecule has 0 saturated heterocycles. The Kier molecular flexibility index (Phi) is 3.82. The number of hydrogen-bond donors (Lipinski definition) is 3. The minimum Gasteiger partial charge on any atom is -0.361 e. The Labute approximate surface area is 126 Å². The standard InChI is InChI=1S/C16H14N4O2/c21-15(19-10-11-2-1-6-17-9-11)16(22)20-13-4-3-12-5-7-18-14(12)8-13/h1-9,18H,10H2,(H,19,21)(H,20,22). The van der Waals surface area contributed by atoms with Gasteiger partial charge < -0.3 is 15.6 Å². The number of carbonyl (C=O) groups excluding carboxylic acids is 2. The van der Waals surface area contributed by atoms with Crippen molar-refractivity contribution in [3.8, 4) is 0 Å². The molecular weight excluding hydrogens is 280 g/mol. The van der Waals surface area contributed by atoms with Gasteiger partial charge in [0.1, 0.15) is 0 Å². The Bertz CT molecular complexity index is 811. The maximum atomic E-state index is 11.9. The Hall–Kier alpha value is -3.15. The fourth-order valence-electron chi connectivity index (χ4n) is 2.08. The van der Waals surface area contributed by atoms with Crippen LogP contribution in [-0.4, -0.2) is 21.8 Å². The Morgan fingerprint density at radius 2 is 2.05 bits per heavy atom. The van der Waals surface area contributed by atoms with Gasteiger partial charge in [0.05, 0.1) is 0 Å². The third-order valence-electron chi connectivity index (χ3n) is 3.19. The van der Waals surface area contributed by atoms with E-state index in [1.54, 1.807) is 30.6 Å². The number of fused-ring (bicyclic) bond motifs is 1. The van der Waals surface area contributed by atoms with Crippen LogP contribution in [0.25, 0.3) is 10.9 Å². The quantitative estimate of drug-likeness (QED) is 0.644. The number of aromatic amines is 1. The summed E-state index contributed by atoms with van der Waals surface area (Å²) >= 11 is 0. The summed E-state index contributed by atoms with van der Waals surface area (Å²) in [4.78, 5) is 30.6. The molecule has 0 unspecified atom stereocenters. The van der Waals surface area contributed by atoms with Crippen molar-refractivity contribution in [2.24, 2.45) is 0 Å². The van der Waals surface area contributed by atoms with Gasteiger partial charge in [-0.2, -0.15) is 0 Å². The summed E-state index contributed by atoms with van der Waals surface area (Å²) in [7, 11) is 0. The molecule has 3 N–H and O–H groups in total. The van der Waals surface area contributed by atoms with Crippen molar-refractivity contribution in [1.29, 1.82) is 0 Å². The van der Waals surface area contributed by atoms with Crippen LogP contribution in [0.5, 0.6) is 0 Å². The van der Waals surface area contributed by atoms with Crippen molar-refractivity contribution in [1.82, 2.24) is 15.3 Å². The Balaban J connectivity index is 1.59. The molecule has 110 valence electrons. The molecule has 0 aliphatic carbocycles. The van der Waals surface area contributed by atoms with Crippen LogP contribution in [0.3, 0.4) is 0 Å². The molecule has 22 heavy (non-hydrogen) atoms. The van der Waals surface area contributed by atoms with Crippen molar-refractivity contribution in [2.45, 2.75) is 6.54 Å². The highest BCUT2D eigenvalue weighted by Crippen LogP contribution is 2.17. The number of rotatable bonds is 3. The first-order valence-electron chi connectivity index (χ1n) is 6.77. The molecular formula is C16H14N4O2. The molecule has 0 radical (unpaired) electrons. The number of amides is 2. The summed E-state index contributed by atoms with van der Waals surface area (Å²) in [6, 6.07) is 10.9. The van der Waals surface area contributed by atoms with Gasteiger partial charge in [0.25, 0.3) is 0 Å². The SMILES string of the molecule is O=C(NCc1cccnc1)C(=O)Nc1ccc2cc[nH]c2c1. The summed E-state index contributed by atoms with van der Waals surface area (Å²) < 4.78 is 0. The number of pyridine rings is 1. The van der Waals surface area contributed by atoms with Gasteiger partial charge in [-0.1, -0.05) is 12.1 Å². The van der Waals surface area contributed by atoms with Crippen molar-refractivity contribution >= 4 is 28.4 Å².